The van der Waals surface area contributed by atoms with Gasteiger partial charge in [0.1, 0.15) is 12.1 Å². The third kappa shape index (κ3) is 8.78. The van der Waals surface area contributed by atoms with Gasteiger partial charge in [0.05, 0.1) is 0 Å². The predicted molar refractivity (Wildman–Crippen MR) is 95.8 cm³/mol. The number of ether oxygens (including phenoxy) is 1. The first-order valence-corrected chi connectivity index (χ1v) is 8.75. The summed E-state index contributed by atoms with van der Waals surface area (Å²) in [4.78, 5) is 24.9. The Labute approximate surface area is 153 Å². The number of amides is 2. The molecule has 1 saturated heterocycles. The first-order chi connectivity index (χ1) is 12.1. The Hall–Kier alpha value is -2.18. The number of benzene rings is 1. The molecule has 2 amide bonds. The minimum atomic E-state index is -0.791. The lowest BCUT2D eigenvalue weighted by molar-refractivity contribution is -0.131. The van der Waals surface area contributed by atoms with Gasteiger partial charge in [-0.25, -0.2) is 13.6 Å². The Morgan fingerprint density at radius 2 is 1.73 bits per heavy atom. The van der Waals surface area contributed by atoms with Gasteiger partial charge in [0.15, 0.2) is 11.6 Å². The molecule has 0 bridgehead atoms. The number of aryl methyl sites for hydroxylation is 1. The maximum absolute atomic E-state index is 12.2. The van der Waals surface area contributed by atoms with Crippen LogP contribution in [0, 0.1) is 18.6 Å². The Morgan fingerprint density at radius 3 is 2.23 bits per heavy atom. The molecular formula is C19H28F2N2O3. The topological polar surface area (TPSA) is 58.6 Å². The van der Waals surface area contributed by atoms with Crippen LogP contribution in [0.25, 0.3) is 0 Å². The summed E-state index contributed by atoms with van der Waals surface area (Å²) in [6.45, 7) is 8.71. The quantitative estimate of drug-likeness (QED) is 0.862. The van der Waals surface area contributed by atoms with Gasteiger partial charge >= 0.3 is 6.09 Å². The lowest BCUT2D eigenvalue weighted by Crippen LogP contribution is -2.43. The van der Waals surface area contributed by atoms with Crippen molar-refractivity contribution in [3.63, 3.8) is 0 Å². The number of carbonyl (C=O) groups is 2. The van der Waals surface area contributed by atoms with E-state index in [-0.39, 0.29) is 12.5 Å². The van der Waals surface area contributed by atoms with E-state index >= 15 is 0 Å². The van der Waals surface area contributed by atoms with E-state index in [2.05, 4.69) is 5.32 Å². The van der Waals surface area contributed by atoms with Crippen LogP contribution in [0.15, 0.2) is 18.2 Å². The highest BCUT2D eigenvalue weighted by Crippen LogP contribution is 2.09. The van der Waals surface area contributed by atoms with Gasteiger partial charge < -0.3 is 15.0 Å². The Bertz CT molecular complexity index is 609. The molecule has 0 radical (unpaired) electrons. The average molecular weight is 370 g/mol. The summed E-state index contributed by atoms with van der Waals surface area (Å²) in [6, 6.07) is 3.80. The van der Waals surface area contributed by atoms with Gasteiger partial charge in [0.2, 0.25) is 5.91 Å². The molecule has 0 spiro atoms. The smallest absolute Gasteiger partial charge is 0.408 e. The van der Waals surface area contributed by atoms with Crippen LogP contribution in [-0.2, 0) is 9.53 Å². The molecule has 0 aromatic heterocycles. The fourth-order valence-electron chi connectivity index (χ4n) is 2.32. The predicted octanol–water partition coefficient (Wildman–Crippen LogP) is 3.80. The SMILES string of the molecule is CC(C)(C)OC(=O)NCC(=O)N1CCCCC1.Cc1ccc(F)c(F)c1. The zero-order valence-electron chi connectivity index (χ0n) is 15.9. The van der Waals surface area contributed by atoms with Crippen molar-refractivity contribution in [2.75, 3.05) is 19.6 Å². The molecule has 1 aliphatic rings. The molecule has 5 nitrogen and oxygen atoms in total. The van der Waals surface area contributed by atoms with Crippen LogP contribution in [0.2, 0.25) is 0 Å². The van der Waals surface area contributed by atoms with Crippen molar-refractivity contribution in [1.82, 2.24) is 10.2 Å². The second kappa shape index (κ2) is 10.1. The van der Waals surface area contributed by atoms with Crippen molar-refractivity contribution in [1.29, 1.82) is 0 Å². The van der Waals surface area contributed by atoms with Crippen molar-refractivity contribution in [2.45, 2.75) is 52.6 Å². The van der Waals surface area contributed by atoms with Crippen LogP contribution in [-0.4, -0.2) is 42.1 Å². The molecule has 26 heavy (non-hydrogen) atoms. The van der Waals surface area contributed by atoms with Gasteiger partial charge in [-0.05, 0) is 64.7 Å². The molecule has 0 unspecified atom stereocenters. The summed E-state index contributed by atoms with van der Waals surface area (Å²) in [5.41, 5.74) is 0.201. The zero-order chi connectivity index (χ0) is 19.7. The molecular weight excluding hydrogens is 342 g/mol. The Balaban J connectivity index is 0.000000314. The summed E-state index contributed by atoms with van der Waals surface area (Å²) in [5.74, 6) is -1.61. The standard InChI is InChI=1S/C12H22N2O3.C7H6F2/c1-12(2,3)17-11(16)13-9-10(15)14-7-5-4-6-8-14;1-5-2-3-6(8)7(9)4-5/h4-9H2,1-3H3,(H,13,16);2-4H,1H3. The summed E-state index contributed by atoms with van der Waals surface area (Å²) >= 11 is 0. The van der Waals surface area contributed by atoms with E-state index < -0.39 is 23.3 Å². The molecule has 1 N–H and O–H groups in total. The molecule has 0 atom stereocenters. The zero-order valence-corrected chi connectivity index (χ0v) is 15.9. The van der Waals surface area contributed by atoms with E-state index in [0.717, 1.165) is 43.6 Å². The highest BCUT2D eigenvalue weighted by Gasteiger charge is 2.19. The number of hydrogen-bond donors (Lipinski definition) is 1. The minimum absolute atomic E-state index is 0.0227. The van der Waals surface area contributed by atoms with Gasteiger partial charge in [0, 0.05) is 13.1 Å². The van der Waals surface area contributed by atoms with Crippen molar-refractivity contribution < 1.29 is 23.1 Å². The number of nitrogens with one attached hydrogen (secondary N) is 1. The van der Waals surface area contributed by atoms with E-state index in [9.17, 15) is 18.4 Å². The number of hydrogen-bond acceptors (Lipinski definition) is 3. The first kappa shape index (κ1) is 21.9. The molecule has 0 saturated carbocycles. The molecule has 1 fully saturated rings. The number of carbonyl (C=O) groups excluding carboxylic acids is 2. The number of piperidine rings is 1. The molecule has 7 heteroatoms. The lowest BCUT2D eigenvalue weighted by atomic mass is 10.1. The van der Waals surface area contributed by atoms with Crippen LogP contribution in [0.3, 0.4) is 0 Å². The van der Waals surface area contributed by atoms with Crippen molar-refractivity contribution in [2.24, 2.45) is 0 Å². The third-order valence-electron chi connectivity index (χ3n) is 3.57. The van der Waals surface area contributed by atoms with Gasteiger partial charge in [-0.3, -0.25) is 4.79 Å². The maximum atomic E-state index is 12.2. The molecule has 146 valence electrons. The van der Waals surface area contributed by atoms with Crippen LogP contribution in [0.1, 0.15) is 45.6 Å². The van der Waals surface area contributed by atoms with E-state index in [0.29, 0.717) is 0 Å². The third-order valence-corrected chi connectivity index (χ3v) is 3.57. The number of likely N-dealkylation sites (tertiary alicyclic amines) is 1. The molecule has 1 aliphatic heterocycles. The van der Waals surface area contributed by atoms with E-state index in [1.54, 1.807) is 32.6 Å². The van der Waals surface area contributed by atoms with Crippen LogP contribution < -0.4 is 5.32 Å². The van der Waals surface area contributed by atoms with Crippen LogP contribution >= 0.6 is 0 Å². The molecule has 1 aromatic carbocycles. The highest BCUT2D eigenvalue weighted by atomic mass is 19.2. The second-order valence-electron chi connectivity index (χ2n) is 7.21. The summed E-state index contributed by atoms with van der Waals surface area (Å²) in [7, 11) is 0. The first-order valence-electron chi connectivity index (χ1n) is 8.75. The number of halogens is 2. The van der Waals surface area contributed by atoms with Gasteiger partial charge in [0.25, 0.3) is 0 Å². The second-order valence-corrected chi connectivity index (χ2v) is 7.21. The number of alkyl carbamates (subject to hydrolysis) is 1. The van der Waals surface area contributed by atoms with Gasteiger partial charge in [-0.2, -0.15) is 0 Å². The molecule has 2 rings (SSSR count). The monoisotopic (exact) mass is 370 g/mol. The average Bonchev–Trinajstić information content (AvgIpc) is 2.56. The molecule has 1 heterocycles. The van der Waals surface area contributed by atoms with Crippen molar-refractivity contribution in [3.8, 4) is 0 Å². The summed E-state index contributed by atoms with van der Waals surface area (Å²) in [5, 5.41) is 2.48. The van der Waals surface area contributed by atoms with Gasteiger partial charge in [-0.15, -0.1) is 0 Å². The van der Waals surface area contributed by atoms with E-state index in [4.69, 9.17) is 4.74 Å². The lowest BCUT2D eigenvalue weighted by Gasteiger charge is -2.27. The number of nitrogens with zero attached hydrogens (tertiary/aromatic N) is 1. The maximum Gasteiger partial charge on any atom is 0.408 e. The van der Waals surface area contributed by atoms with Crippen molar-refractivity contribution in [3.05, 3.63) is 35.4 Å². The fraction of sp³-hybridized carbons (Fsp3) is 0.579. The van der Waals surface area contributed by atoms with Crippen LogP contribution in [0.5, 0.6) is 0 Å². The normalized spacial score (nSPS) is 14.2. The molecule has 1 aromatic rings. The Morgan fingerprint density at radius 1 is 1.12 bits per heavy atom. The van der Waals surface area contributed by atoms with Gasteiger partial charge in [-0.1, -0.05) is 6.07 Å². The van der Waals surface area contributed by atoms with Crippen molar-refractivity contribution >= 4 is 12.0 Å². The Kier molecular flexibility index (Phi) is 8.48. The largest absolute Gasteiger partial charge is 0.444 e. The van der Waals surface area contributed by atoms with E-state index in [1.807, 2.05) is 0 Å². The number of rotatable bonds is 2. The van der Waals surface area contributed by atoms with E-state index in [1.165, 1.54) is 12.5 Å². The summed E-state index contributed by atoms with van der Waals surface area (Å²) in [6.07, 6.45) is 2.75. The van der Waals surface area contributed by atoms with Crippen LogP contribution in [0.4, 0.5) is 13.6 Å². The minimum Gasteiger partial charge on any atom is -0.444 e. The fourth-order valence-corrected chi connectivity index (χ4v) is 2.32. The summed E-state index contributed by atoms with van der Waals surface area (Å²) < 4.78 is 29.4. The highest BCUT2D eigenvalue weighted by molar-refractivity contribution is 5.82. The molecule has 0 aliphatic carbocycles.